The molecule has 2 aromatic rings. The van der Waals surface area contributed by atoms with Crippen LogP contribution in [0.2, 0.25) is 0 Å². The Morgan fingerprint density at radius 2 is 2.00 bits per heavy atom. The summed E-state index contributed by atoms with van der Waals surface area (Å²) >= 11 is 0. The second-order valence-electron chi connectivity index (χ2n) is 7.12. The topological polar surface area (TPSA) is 71.7 Å². The van der Waals surface area contributed by atoms with E-state index in [0.717, 1.165) is 43.3 Å². The van der Waals surface area contributed by atoms with Gasteiger partial charge in [0.1, 0.15) is 12.0 Å². The summed E-state index contributed by atoms with van der Waals surface area (Å²) in [6, 6.07) is 9.90. The molecule has 0 amide bonds. The van der Waals surface area contributed by atoms with Gasteiger partial charge in [0.15, 0.2) is 5.96 Å². The Balaban J connectivity index is 1.41. The van der Waals surface area contributed by atoms with Gasteiger partial charge in [-0.2, -0.15) is 0 Å². The van der Waals surface area contributed by atoms with E-state index in [9.17, 15) is 0 Å². The minimum absolute atomic E-state index is 0.474. The molecule has 0 aliphatic heterocycles. The Morgan fingerprint density at radius 1 is 1.18 bits per heavy atom. The van der Waals surface area contributed by atoms with Crippen molar-refractivity contribution in [3.05, 3.63) is 42.3 Å². The third-order valence-electron chi connectivity index (χ3n) is 4.84. The number of hydrogen-bond acceptors (Lipinski definition) is 4. The normalized spacial score (nSPS) is 15.5. The molecule has 28 heavy (non-hydrogen) atoms. The Hall–Kier alpha value is -2.34. The molecule has 152 valence electrons. The van der Waals surface area contributed by atoms with E-state index in [2.05, 4.69) is 27.5 Å². The standard InChI is InChI=1S/C22H32N4O2/c1-2-23-22(24-14-9-15-27-20-12-7-4-8-13-20)25-16-19-17-28-21(26-19)18-10-5-3-6-11-18/h3,5-6,10-11,17,20H,2,4,7-9,12-16H2,1H3,(H2,23,24,25). The number of hydrogen-bond donors (Lipinski definition) is 2. The van der Waals surface area contributed by atoms with Crippen molar-refractivity contribution in [3.8, 4) is 11.5 Å². The molecule has 1 aromatic heterocycles. The first kappa shape index (κ1) is 20.4. The highest BCUT2D eigenvalue weighted by Crippen LogP contribution is 2.20. The van der Waals surface area contributed by atoms with Gasteiger partial charge in [-0.1, -0.05) is 37.5 Å². The summed E-state index contributed by atoms with van der Waals surface area (Å²) in [5.74, 6) is 1.42. The predicted molar refractivity (Wildman–Crippen MR) is 112 cm³/mol. The summed E-state index contributed by atoms with van der Waals surface area (Å²) in [5.41, 5.74) is 1.79. The molecule has 1 saturated carbocycles. The average molecular weight is 385 g/mol. The first-order chi connectivity index (χ1) is 13.8. The van der Waals surface area contributed by atoms with E-state index in [0.29, 0.717) is 18.5 Å². The molecule has 0 atom stereocenters. The number of rotatable bonds is 9. The molecule has 0 saturated heterocycles. The van der Waals surface area contributed by atoms with Gasteiger partial charge in [-0.25, -0.2) is 9.98 Å². The average Bonchev–Trinajstić information content (AvgIpc) is 3.22. The zero-order chi connectivity index (χ0) is 19.4. The number of aliphatic imine (C=N–C) groups is 1. The SMILES string of the molecule is CCNC(=NCc1coc(-c2ccccc2)n1)NCCCOC1CCCCC1. The van der Waals surface area contributed by atoms with Gasteiger partial charge in [-0.3, -0.25) is 0 Å². The quantitative estimate of drug-likeness (QED) is 0.386. The van der Waals surface area contributed by atoms with E-state index in [1.54, 1.807) is 6.26 Å². The van der Waals surface area contributed by atoms with E-state index in [-0.39, 0.29) is 0 Å². The third-order valence-corrected chi connectivity index (χ3v) is 4.84. The maximum absolute atomic E-state index is 5.98. The Labute approximate surface area is 167 Å². The lowest BCUT2D eigenvalue weighted by molar-refractivity contribution is 0.0277. The van der Waals surface area contributed by atoms with Gasteiger partial charge in [-0.15, -0.1) is 0 Å². The molecule has 1 fully saturated rings. The molecular formula is C22H32N4O2. The lowest BCUT2D eigenvalue weighted by Crippen LogP contribution is -2.38. The predicted octanol–water partition coefficient (Wildman–Crippen LogP) is 4.14. The van der Waals surface area contributed by atoms with Crippen LogP contribution in [0.4, 0.5) is 0 Å². The van der Waals surface area contributed by atoms with E-state index < -0.39 is 0 Å². The van der Waals surface area contributed by atoms with Gasteiger partial charge in [0.2, 0.25) is 5.89 Å². The maximum Gasteiger partial charge on any atom is 0.226 e. The van der Waals surface area contributed by atoms with Crippen LogP contribution in [-0.2, 0) is 11.3 Å². The monoisotopic (exact) mass is 384 g/mol. The molecule has 1 aliphatic carbocycles. The van der Waals surface area contributed by atoms with Gasteiger partial charge >= 0.3 is 0 Å². The zero-order valence-corrected chi connectivity index (χ0v) is 16.8. The number of nitrogens with zero attached hydrogens (tertiary/aromatic N) is 2. The molecule has 1 aromatic carbocycles. The molecule has 0 unspecified atom stereocenters. The minimum Gasteiger partial charge on any atom is -0.444 e. The molecule has 3 rings (SSSR count). The Kier molecular flexibility index (Phi) is 8.37. The number of ether oxygens (including phenoxy) is 1. The third kappa shape index (κ3) is 6.68. The highest BCUT2D eigenvalue weighted by Gasteiger charge is 2.13. The summed E-state index contributed by atoms with van der Waals surface area (Å²) < 4.78 is 11.6. The molecule has 6 heteroatoms. The Morgan fingerprint density at radius 3 is 2.79 bits per heavy atom. The fourth-order valence-corrected chi connectivity index (χ4v) is 3.36. The fraction of sp³-hybridized carbons (Fsp3) is 0.545. The minimum atomic E-state index is 0.474. The van der Waals surface area contributed by atoms with Crippen LogP contribution in [0.3, 0.4) is 0 Å². The molecule has 0 radical (unpaired) electrons. The van der Waals surface area contributed by atoms with E-state index in [1.165, 1.54) is 32.1 Å². The summed E-state index contributed by atoms with van der Waals surface area (Å²) in [4.78, 5) is 9.13. The van der Waals surface area contributed by atoms with Gasteiger partial charge in [0.05, 0.1) is 12.6 Å². The van der Waals surface area contributed by atoms with Crippen LogP contribution in [0.1, 0.15) is 51.1 Å². The van der Waals surface area contributed by atoms with Crippen molar-refractivity contribution in [2.24, 2.45) is 4.99 Å². The number of guanidine groups is 1. The number of nitrogens with one attached hydrogen (secondary N) is 2. The van der Waals surface area contributed by atoms with Crippen molar-refractivity contribution in [1.29, 1.82) is 0 Å². The molecule has 0 spiro atoms. The van der Waals surface area contributed by atoms with E-state index in [1.807, 2.05) is 30.3 Å². The second kappa shape index (κ2) is 11.5. The second-order valence-corrected chi connectivity index (χ2v) is 7.12. The molecule has 1 heterocycles. The van der Waals surface area contributed by atoms with Crippen LogP contribution in [0.5, 0.6) is 0 Å². The maximum atomic E-state index is 5.98. The van der Waals surface area contributed by atoms with Crippen LogP contribution in [-0.4, -0.2) is 36.7 Å². The first-order valence-electron chi connectivity index (χ1n) is 10.5. The summed E-state index contributed by atoms with van der Waals surface area (Å²) in [5, 5.41) is 6.64. The zero-order valence-electron chi connectivity index (χ0n) is 16.8. The fourth-order valence-electron chi connectivity index (χ4n) is 3.36. The largest absolute Gasteiger partial charge is 0.444 e. The van der Waals surface area contributed by atoms with Crippen molar-refractivity contribution < 1.29 is 9.15 Å². The van der Waals surface area contributed by atoms with Crippen molar-refractivity contribution in [2.45, 2.75) is 58.1 Å². The van der Waals surface area contributed by atoms with Crippen LogP contribution in [0, 0.1) is 0 Å². The highest BCUT2D eigenvalue weighted by atomic mass is 16.5. The van der Waals surface area contributed by atoms with Crippen LogP contribution < -0.4 is 10.6 Å². The number of aromatic nitrogens is 1. The lowest BCUT2D eigenvalue weighted by Gasteiger charge is -2.22. The highest BCUT2D eigenvalue weighted by molar-refractivity contribution is 5.79. The number of benzene rings is 1. The molecule has 0 bridgehead atoms. The molecular weight excluding hydrogens is 352 g/mol. The summed E-state index contributed by atoms with van der Waals surface area (Å²) in [6.07, 6.45) is 9.56. The van der Waals surface area contributed by atoms with Crippen molar-refractivity contribution >= 4 is 5.96 Å². The molecule has 2 N–H and O–H groups in total. The van der Waals surface area contributed by atoms with Crippen LogP contribution in [0.25, 0.3) is 11.5 Å². The summed E-state index contributed by atoms with van der Waals surface area (Å²) in [7, 11) is 0. The lowest BCUT2D eigenvalue weighted by atomic mass is 9.98. The number of oxazole rings is 1. The smallest absolute Gasteiger partial charge is 0.226 e. The van der Waals surface area contributed by atoms with Gasteiger partial charge in [0.25, 0.3) is 0 Å². The van der Waals surface area contributed by atoms with Crippen LogP contribution in [0.15, 0.2) is 46.0 Å². The Bertz CT molecular complexity index is 708. The van der Waals surface area contributed by atoms with Gasteiger partial charge in [-0.05, 0) is 38.3 Å². The van der Waals surface area contributed by atoms with Gasteiger partial charge in [0, 0.05) is 25.3 Å². The molecule has 1 aliphatic rings. The summed E-state index contributed by atoms with van der Waals surface area (Å²) in [6.45, 7) is 5.00. The molecule has 6 nitrogen and oxygen atoms in total. The van der Waals surface area contributed by atoms with Crippen molar-refractivity contribution in [1.82, 2.24) is 15.6 Å². The van der Waals surface area contributed by atoms with E-state index in [4.69, 9.17) is 9.15 Å². The van der Waals surface area contributed by atoms with Crippen LogP contribution >= 0.6 is 0 Å². The van der Waals surface area contributed by atoms with Crippen molar-refractivity contribution in [2.75, 3.05) is 19.7 Å². The first-order valence-corrected chi connectivity index (χ1v) is 10.5. The van der Waals surface area contributed by atoms with Crippen molar-refractivity contribution in [3.63, 3.8) is 0 Å². The van der Waals surface area contributed by atoms with Gasteiger partial charge < -0.3 is 19.8 Å². The van der Waals surface area contributed by atoms with E-state index >= 15 is 0 Å².